The molecular weight excluding hydrogens is 908 g/mol. The standard InChI is InChI=1S/C60H78Br2N2/c1-3-5-7-9-11-13-15-17-19-21-23-45-25-37-53-55-43-49(61)31-39-57(55)63(59(53)41-45)51-33-27-47(28-34-51)48-29-35-52(36-30-48)64-58-40-32-50(62)44-56(58)54-38-26-46(42-60(54)64)24-22-20-18-16-14-12-10-8-6-4-2/h27-36,39-40,43-46H,3-26,37-38,41-42H2,1-2H3. The van der Waals surface area contributed by atoms with Crippen molar-refractivity contribution in [2.45, 2.75) is 194 Å². The van der Waals surface area contributed by atoms with Crippen molar-refractivity contribution in [1.29, 1.82) is 0 Å². The van der Waals surface area contributed by atoms with Gasteiger partial charge in [-0.3, -0.25) is 0 Å². The Hall–Kier alpha value is -3.08. The number of benzene rings is 4. The number of hydrogen-bond donors (Lipinski definition) is 0. The van der Waals surface area contributed by atoms with Gasteiger partial charge < -0.3 is 9.13 Å². The maximum absolute atomic E-state index is 3.81. The predicted octanol–water partition coefficient (Wildman–Crippen LogP) is 19.6. The van der Waals surface area contributed by atoms with Crippen LogP contribution in [-0.2, 0) is 25.7 Å². The number of rotatable bonds is 25. The SMILES string of the molecule is CCCCCCCCCCCCC1CCc2c(n(-c3ccc(-c4ccc(-n5c6c(c7cc(Br)ccc75)CCC(CCCCCCCCCCCC)C6)cc4)cc3)c3ccc(Br)cc23)C1. The summed E-state index contributed by atoms with van der Waals surface area (Å²) in [5, 5.41) is 2.86. The van der Waals surface area contributed by atoms with Crippen LogP contribution in [0.4, 0.5) is 0 Å². The van der Waals surface area contributed by atoms with Crippen LogP contribution in [0.3, 0.4) is 0 Å². The van der Waals surface area contributed by atoms with E-state index in [1.165, 1.54) is 233 Å². The molecule has 0 saturated heterocycles. The van der Waals surface area contributed by atoms with E-state index in [1.54, 1.807) is 22.5 Å². The van der Waals surface area contributed by atoms with Crippen molar-refractivity contribution in [2.24, 2.45) is 11.8 Å². The Labute approximate surface area is 404 Å². The second kappa shape index (κ2) is 24.1. The third kappa shape index (κ3) is 11.9. The van der Waals surface area contributed by atoms with Crippen molar-refractivity contribution < 1.29 is 0 Å². The maximum Gasteiger partial charge on any atom is 0.0535 e. The summed E-state index contributed by atoms with van der Waals surface area (Å²) < 4.78 is 7.57. The van der Waals surface area contributed by atoms with Gasteiger partial charge in [0.15, 0.2) is 0 Å². The average molecular weight is 987 g/mol. The van der Waals surface area contributed by atoms with E-state index in [-0.39, 0.29) is 0 Å². The normalized spacial score (nSPS) is 16.2. The van der Waals surface area contributed by atoms with E-state index in [0.717, 1.165) is 11.8 Å². The topological polar surface area (TPSA) is 9.86 Å². The first-order chi connectivity index (χ1) is 31.5. The molecule has 2 aromatic heterocycles. The second-order valence-electron chi connectivity index (χ2n) is 20.1. The van der Waals surface area contributed by atoms with Crippen LogP contribution in [0, 0.1) is 11.8 Å². The van der Waals surface area contributed by atoms with Gasteiger partial charge in [-0.15, -0.1) is 0 Å². The van der Waals surface area contributed by atoms with E-state index < -0.39 is 0 Å². The molecule has 0 radical (unpaired) electrons. The summed E-state index contributed by atoms with van der Waals surface area (Å²) in [5.41, 5.74) is 14.1. The Kier molecular flexibility index (Phi) is 17.8. The molecule has 2 aliphatic carbocycles. The van der Waals surface area contributed by atoms with Gasteiger partial charge in [0.05, 0.1) is 11.0 Å². The zero-order valence-electron chi connectivity index (χ0n) is 39.7. The molecule has 2 aliphatic rings. The molecule has 8 rings (SSSR count). The smallest absolute Gasteiger partial charge is 0.0535 e. The van der Waals surface area contributed by atoms with Crippen molar-refractivity contribution in [1.82, 2.24) is 9.13 Å². The zero-order chi connectivity index (χ0) is 44.1. The number of unbranched alkanes of at least 4 members (excludes halogenated alkanes) is 18. The Morgan fingerprint density at radius 2 is 0.766 bits per heavy atom. The molecule has 2 atom stereocenters. The minimum absolute atomic E-state index is 0.783. The monoisotopic (exact) mass is 984 g/mol. The van der Waals surface area contributed by atoms with Crippen LogP contribution in [0.25, 0.3) is 44.3 Å². The van der Waals surface area contributed by atoms with Crippen LogP contribution in [-0.4, -0.2) is 9.13 Å². The third-order valence-corrected chi connectivity index (χ3v) is 16.4. The van der Waals surface area contributed by atoms with E-state index in [9.17, 15) is 0 Å². The van der Waals surface area contributed by atoms with Gasteiger partial charge >= 0.3 is 0 Å². The first-order valence-electron chi connectivity index (χ1n) is 26.4. The highest BCUT2D eigenvalue weighted by Gasteiger charge is 2.28. The van der Waals surface area contributed by atoms with E-state index in [4.69, 9.17) is 0 Å². The summed E-state index contributed by atoms with van der Waals surface area (Å²) in [5.74, 6) is 1.57. The Morgan fingerprint density at radius 1 is 0.422 bits per heavy atom. The van der Waals surface area contributed by atoms with Crippen LogP contribution in [0.2, 0.25) is 0 Å². The molecule has 0 bridgehead atoms. The molecule has 2 nitrogen and oxygen atoms in total. The maximum atomic E-state index is 3.81. The van der Waals surface area contributed by atoms with E-state index in [0.29, 0.717) is 0 Å². The number of nitrogens with zero attached hydrogens (tertiary/aromatic N) is 2. The van der Waals surface area contributed by atoms with Gasteiger partial charge in [-0.1, -0.05) is 211 Å². The molecule has 4 aromatic carbocycles. The molecule has 0 saturated carbocycles. The molecule has 6 aromatic rings. The fraction of sp³-hybridized carbons (Fsp3) is 0.533. The Balaban J connectivity index is 0.926. The second-order valence-corrected chi connectivity index (χ2v) is 21.9. The lowest BCUT2D eigenvalue weighted by Gasteiger charge is -2.25. The lowest BCUT2D eigenvalue weighted by Crippen LogP contribution is -2.16. The van der Waals surface area contributed by atoms with Crippen molar-refractivity contribution in [2.75, 3.05) is 0 Å². The molecule has 0 aliphatic heterocycles. The fourth-order valence-corrected chi connectivity index (χ4v) is 12.4. The first kappa shape index (κ1) is 47.4. The summed E-state index contributed by atoms with van der Waals surface area (Å²) >= 11 is 7.62. The minimum atomic E-state index is 0.783. The molecule has 0 fully saturated rings. The number of fused-ring (bicyclic) bond motifs is 6. The van der Waals surface area contributed by atoms with E-state index in [1.807, 2.05) is 0 Å². The number of halogens is 2. The van der Waals surface area contributed by atoms with Crippen LogP contribution in [0.5, 0.6) is 0 Å². The van der Waals surface area contributed by atoms with Gasteiger partial charge in [-0.25, -0.2) is 0 Å². The van der Waals surface area contributed by atoms with Gasteiger partial charge in [-0.05, 0) is 133 Å². The average Bonchev–Trinajstić information content (AvgIpc) is 3.81. The molecule has 2 unspecified atom stereocenters. The molecule has 64 heavy (non-hydrogen) atoms. The number of aromatic nitrogens is 2. The lowest BCUT2D eigenvalue weighted by molar-refractivity contribution is 0.398. The summed E-state index contributed by atoms with van der Waals surface area (Å²) in [6, 6.07) is 32.8. The predicted molar refractivity (Wildman–Crippen MR) is 285 cm³/mol. The third-order valence-electron chi connectivity index (χ3n) is 15.4. The molecule has 4 heteroatoms. The molecule has 2 heterocycles. The zero-order valence-corrected chi connectivity index (χ0v) is 42.9. The highest BCUT2D eigenvalue weighted by Crippen LogP contribution is 2.41. The van der Waals surface area contributed by atoms with Gasteiger partial charge in [0, 0.05) is 42.5 Å². The van der Waals surface area contributed by atoms with Gasteiger partial charge in [-0.2, -0.15) is 0 Å². The summed E-state index contributed by atoms with van der Waals surface area (Å²) in [7, 11) is 0. The van der Waals surface area contributed by atoms with E-state index >= 15 is 0 Å². The molecule has 0 amide bonds. The molecule has 0 spiro atoms. The first-order valence-corrected chi connectivity index (χ1v) is 28.0. The highest BCUT2D eigenvalue weighted by atomic mass is 79.9. The minimum Gasteiger partial charge on any atom is -0.313 e. The van der Waals surface area contributed by atoms with Gasteiger partial charge in [0.1, 0.15) is 0 Å². The van der Waals surface area contributed by atoms with Gasteiger partial charge in [0.25, 0.3) is 0 Å². The van der Waals surface area contributed by atoms with Crippen molar-refractivity contribution in [3.63, 3.8) is 0 Å². The molecule has 0 N–H and O–H groups in total. The van der Waals surface area contributed by atoms with Crippen LogP contribution < -0.4 is 0 Å². The largest absolute Gasteiger partial charge is 0.313 e. The molecular formula is C60H78Br2N2. The number of hydrogen-bond acceptors (Lipinski definition) is 0. The number of aryl methyl sites for hydroxylation is 2. The van der Waals surface area contributed by atoms with Gasteiger partial charge in [0.2, 0.25) is 0 Å². The summed E-state index contributed by atoms with van der Waals surface area (Å²) in [6.45, 7) is 4.62. The Morgan fingerprint density at radius 3 is 1.12 bits per heavy atom. The molecule has 342 valence electrons. The summed E-state index contributed by atoms with van der Waals surface area (Å²) in [6.07, 6.45) is 38.4. The van der Waals surface area contributed by atoms with E-state index in [2.05, 4.69) is 140 Å². The quantitative estimate of drug-likeness (QED) is 0.0506. The van der Waals surface area contributed by atoms with Crippen molar-refractivity contribution in [3.05, 3.63) is 116 Å². The fourth-order valence-electron chi connectivity index (χ4n) is 11.7. The van der Waals surface area contributed by atoms with Crippen LogP contribution in [0.1, 0.15) is 190 Å². The van der Waals surface area contributed by atoms with Crippen molar-refractivity contribution >= 4 is 53.7 Å². The van der Waals surface area contributed by atoms with Crippen LogP contribution in [0.15, 0.2) is 93.9 Å². The van der Waals surface area contributed by atoms with Crippen molar-refractivity contribution in [3.8, 4) is 22.5 Å². The lowest BCUT2D eigenvalue weighted by atomic mass is 9.83. The highest BCUT2D eigenvalue weighted by molar-refractivity contribution is 9.10. The van der Waals surface area contributed by atoms with Crippen LogP contribution >= 0.6 is 31.9 Å². The Bertz CT molecular complexity index is 2190. The summed E-state index contributed by atoms with van der Waals surface area (Å²) in [4.78, 5) is 0.